The van der Waals surface area contributed by atoms with Crippen molar-refractivity contribution in [1.82, 2.24) is 0 Å². The molecule has 2 aromatic carbocycles. The molecule has 5 nitrogen and oxygen atoms in total. The van der Waals surface area contributed by atoms with Crippen LogP contribution in [-0.4, -0.2) is 32.7 Å². The predicted molar refractivity (Wildman–Crippen MR) is 82.1 cm³/mol. The first-order valence-corrected chi connectivity index (χ1v) is 6.68. The standard InChI is InChI=1S/C17H18O5/c1-20-13-6-4-11(5-7-13)14(10-18)12-8-15(21-2)17(19)16(9-12)22-3/h4-10,14,19H,1-3H3. The lowest BCUT2D eigenvalue weighted by Gasteiger charge is -2.16. The van der Waals surface area contributed by atoms with Crippen LogP contribution < -0.4 is 14.2 Å². The molecule has 116 valence electrons. The van der Waals surface area contributed by atoms with E-state index in [0.717, 1.165) is 11.8 Å². The quantitative estimate of drug-likeness (QED) is 0.831. The Morgan fingerprint density at radius 2 is 1.45 bits per heavy atom. The lowest BCUT2D eigenvalue weighted by Crippen LogP contribution is -2.04. The van der Waals surface area contributed by atoms with Crippen LogP contribution in [0.4, 0.5) is 0 Å². The number of rotatable bonds is 6. The van der Waals surface area contributed by atoms with E-state index in [2.05, 4.69) is 0 Å². The first-order valence-electron chi connectivity index (χ1n) is 6.68. The van der Waals surface area contributed by atoms with E-state index in [4.69, 9.17) is 14.2 Å². The summed E-state index contributed by atoms with van der Waals surface area (Å²) < 4.78 is 15.4. The van der Waals surface area contributed by atoms with Crippen LogP contribution in [0.3, 0.4) is 0 Å². The van der Waals surface area contributed by atoms with E-state index in [1.165, 1.54) is 14.2 Å². The first-order chi connectivity index (χ1) is 10.6. The summed E-state index contributed by atoms with van der Waals surface area (Å²) in [4.78, 5) is 11.6. The number of carbonyl (C=O) groups excluding carboxylic acids is 1. The number of phenolic OH excluding ortho intramolecular Hbond substituents is 1. The summed E-state index contributed by atoms with van der Waals surface area (Å²) in [6.07, 6.45) is 0.840. The summed E-state index contributed by atoms with van der Waals surface area (Å²) in [6.45, 7) is 0. The minimum Gasteiger partial charge on any atom is -0.502 e. The average molecular weight is 302 g/mol. The number of hydrogen-bond donors (Lipinski definition) is 1. The molecule has 1 N–H and O–H groups in total. The fourth-order valence-electron chi connectivity index (χ4n) is 2.25. The molecule has 1 unspecified atom stereocenters. The minimum atomic E-state index is -0.491. The third kappa shape index (κ3) is 2.98. The number of benzene rings is 2. The molecule has 0 aliphatic heterocycles. The van der Waals surface area contributed by atoms with Crippen LogP contribution in [0.25, 0.3) is 0 Å². The van der Waals surface area contributed by atoms with Crippen molar-refractivity contribution >= 4 is 6.29 Å². The van der Waals surface area contributed by atoms with E-state index in [0.29, 0.717) is 11.3 Å². The third-order valence-electron chi connectivity index (χ3n) is 3.47. The Morgan fingerprint density at radius 3 is 1.86 bits per heavy atom. The molecule has 2 aromatic rings. The molecule has 0 fully saturated rings. The Bertz CT molecular complexity index is 624. The monoisotopic (exact) mass is 302 g/mol. The number of methoxy groups -OCH3 is 3. The molecule has 0 aromatic heterocycles. The van der Waals surface area contributed by atoms with Crippen LogP contribution in [0.5, 0.6) is 23.0 Å². The summed E-state index contributed by atoms with van der Waals surface area (Å²) in [5, 5.41) is 9.95. The molecule has 0 amide bonds. The Kier molecular flexibility index (Phi) is 4.88. The number of phenols is 1. The van der Waals surface area contributed by atoms with Crippen LogP contribution in [0, 0.1) is 0 Å². The van der Waals surface area contributed by atoms with Crippen molar-refractivity contribution in [3.05, 3.63) is 47.5 Å². The van der Waals surface area contributed by atoms with Gasteiger partial charge in [-0.3, -0.25) is 0 Å². The van der Waals surface area contributed by atoms with Gasteiger partial charge < -0.3 is 24.1 Å². The zero-order valence-corrected chi connectivity index (χ0v) is 12.7. The van der Waals surface area contributed by atoms with Gasteiger partial charge in [-0.2, -0.15) is 0 Å². The Labute approximate surface area is 129 Å². The van der Waals surface area contributed by atoms with Gasteiger partial charge in [0.2, 0.25) is 5.75 Å². The number of aromatic hydroxyl groups is 1. The number of carbonyl (C=O) groups is 1. The Balaban J connectivity index is 2.48. The molecule has 22 heavy (non-hydrogen) atoms. The highest BCUT2D eigenvalue weighted by Crippen LogP contribution is 2.40. The van der Waals surface area contributed by atoms with Crippen molar-refractivity contribution < 1.29 is 24.1 Å². The highest BCUT2D eigenvalue weighted by atomic mass is 16.5. The molecule has 0 aliphatic carbocycles. The second-order valence-corrected chi connectivity index (χ2v) is 4.66. The fraction of sp³-hybridized carbons (Fsp3) is 0.235. The zero-order chi connectivity index (χ0) is 16.1. The summed E-state index contributed by atoms with van der Waals surface area (Å²) >= 11 is 0. The SMILES string of the molecule is COc1ccc(C(C=O)c2cc(OC)c(O)c(OC)c2)cc1. The van der Waals surface area contributed by atoms with Gasteiger partial charge in [0.25, 0.3) is 0 Å². The Hall–Kier alpha value is -2.69. The summed E-state index contributed by atoms with van der Waals surface area (Å²) in [5.74, 6) is 0.654. The number of ether oxygens (including phenoxy) is 3. The van der Waals surface area contributed by atoms with Crippen molar-refractivity contribution in [2.75, 3.05) is 21.3 Å². The van der Waals surface area contributed by atoms with Gasteiger partial charge in [0.1, 0.15) is 12.0 Å². The normalized spacial score (nSPS) is 11.6. The number of hydrogen-bond acceptors (Lipinski definition) is 5. The van der Waals surface area contributed by atoms with Crippen LogP contribution in [0.1, 0.15) is 17.0 Å². The van der Waals surface area contributed by atoms with Crippen molar-refractivity contribution in [3.63, 3.8) is 0 Å². The predicted octanol–water partition coefficient (Wildman–Crippen LogP) is 2.75. The van der Waals surface area contributed by atoms with Gasteiger partial charge in [-0.25, -0.2) is 0 Å². The molecule has 2 rings (SSSR count). The van der Waals surface area contributed by atoms with Crippen LogP contribution >= 0.6 is 0 Å². The minimum absolute atomic E-state index is 0.0897. The number of aldehydes is 1. The molecule has 0 heterocycles. The highest BCUT2D eigenvalue weighted by Gasteiger charge is 2.19. The maximum atomic E-state index is 11.6. The van der Waals surface area contributed by atoms with Gasteiger partial charge in [-0.05, 0) is 35.4 Å². The van der Waals surface area contributed by atoms with Gasteiger partial charge in [0, 0.05) is 0 Å². The smallest absolute Gasteiger partial charge is 0.200 e. The second-order valence-electron chi connectivity index (χ2n) is 4.66. The lowest BCUT2D eigenvalue weighted by atomic mass is 9.92. The van der Waals surface area contributed by atoms with Crippen molar-refractivity contribution in [3.8, 4) is 23.0 Å². The summed E-state index contributed by atoms with van der Waals surface area (Å²) in [6, 6.07) is 10.5. The van der Waals surface area contributed by atoms with Gasteiger partial charge >= 0.3 is 0 Å². The molecule has 5 heteroatoms. The second kappa shape index (κ2) is 6.85. The summed E-state index contributed by atoms with van der Waals surface area (Å²) in [7, 11) is 4.48. The van der Waals surface area contributed by atoms with Crippen LogP contribution in [0.2, 0.25) is 0 Å². The van der Waals surface area contributed by atoms with Crippen molar-refractivity contribution in [1.29, 1.82) is 0 Å². The third-order valence-corrected chi connectivity index (χ3v) is 3.47. The molecule has 1 atom stereocenters. The van der Waals surface area contributed by atoms with Gasteiger partial charge in [-0.15, -0.1) is 0 Å². The van der Waals surface area contributed by atoms with Crippen molar-refractivity contribution in [2.45, 2.75) is 5.92 Å². The molecule has 0 saturated carbocycles. The fourth-order valence-corrected chi connectivity index (χ4v) is 2.25. The highest BCUT2D eigenvalue weighted by molar-refractivity contribution is 5.70. The van der Waals surface area contributed by atoms with Crippen molar-refractivity contribution in [2.24, 2.45) is 0 Å². The molecular formula is C17H18O5. The molecular weight excluding hydrogens is 284 g/mol. The Morgan fingerprint density at radius 1 is 0.909 bits per heavy atom. The zero-order valence-electron chi connectivity index (χ0n) is 12.7. The lowest BCUT2D eigenvalue weighted by molar-refractivity contribution is -0.108. The molecule has 0 saturated heterocycles. The van der Waals surface area contributed by atoms with E-state index in [1.54, 1.807) is 31.4 Å². The van der Waals surface area contributed by atoms with E-state index in [9.17, 15) is 9.90 Å². The molecule has 0 radical (unpaired) electrons. The topological polar surface area (TPSA) is 65.0 Å². The van der Waals surface area contributed by atoms with Crippen LogP contribution in [0.15, 0.2) is 36.4 Å². The van der Waals surface area contributed by atoms with E-state index < -0.39 is 5.92 Å². The van der Waals surface area contributed by atoms with E-state index in [-0.39, 0.29) is 17.2 Å². The molecule has 0 bridgehead atoms. The van der Waals surface area contributed by atoms with Gasteiger partial charge in [0.15, 0.2) is 11.5 Å². The van der Waals surface area contributed by atoms with E-state index >= 15 is 0 Å². The van der Waals surface area contributed by atoms with Gasteiger partial charge in [0.05, 0.1) is 27.2 Å². The maximum absolute atomic E-state index is 11.6. The first kappa shape index (κ1) is 15.7. The average Bonchev–Trinajstić information content (AvgIpc) is 2.57. The summed E-state index contributed by atoms with van der Waals surface area (Å²) in [5.41, 5.74) is 1.48. The van der Waals surface area contributed by atoms with E-state index in [1.807, 2.05) is 12.1 Å². The molecule has 0 aliphatic rings. The largest absolute Gasteiger partial charge is 0.502 e. The molecule has 0 spiro atoms. The van der Waals surface area contributed by atoms with Crippen LogP contribution in [-0.2, 0) is 4.79 Å². The van der Waals surface area contributed by atoms with Gasteiger partial charge in [-0.1, -0.05) is 12.1 Å². The maximum Gasteiger partial charge on any atom is 0.200 e.